The number of fused-ring (bicyclic) bond motifs is 1. The lowest BCUT2D eigenvalue weighted by Gasteiger charge is -2.19. The molecule has 5 rings (SSSR count). The summed E-state index contributed by atoms with van der Waals surface area (Å²) in [7, 11) is -3.77. The summed E-state index contributed by atoms with van der Waals surface area (Å²) in [5.74, 6) is 2.11. The van der Waals surface area contributed by atoms with Crippen LogP contribution in [-0.4, -0.2) is 21.3 Å². The Balaban J connectivity index is 1.32. The van der Waals surface area contributed by atoms with E-state index in [1.165, 1.54) is 43.4 Å². The second-order valence-electron chi connectivity index (χ2n) is 9.12. The Morgan fingerprint density at radius 2 is 1.85 bits per heavy atom. The first-order chi connectivity index (χ1) is 16.5. The third kappa shape index (κ3) is 5.09. The third-order valence-corrected chi connectivity index (χ3v) is 9.47. The quantitative estimate of drug-likeness (QED) is 0.378. The maximum absolute atomic E-state index is 13.4. The van der Waals surface area contributed by atoms with Crippen molar-refractivity contribution in [3.8, 4) is 22.6 Å². The Kier molecular flexibility index (Phi) is 6.81. The minimum absolute atomic E-state index is 0.180. The van der Waals surface area contributed by atoms with Gasteiger partial charge in [-0.3, -0.25) is 4.72 Å². The van der Waals surface area contributed by atoms with Crippen molar-refractivity contribution in [3.05, 3.63) is 59.5 Å². The van der Waals surface area contributed by atoms with E-state index in [9.17, 15) is 8.42 Å². The highest BCUT2D eigenvalue weighted by atomic mass is 32.2. The van der Waals surface area contributed by atoms with Gasteiger partial charge in [0, 0.05) is 18.2 Å². The van der Waals surface area contributed by atoms with Gasteiger partial charge in [0.15, 0.2) is 11.5 Å². The van der Waals surface area contributed by atoms with Crippen LogP contribution < -0.4 is 19.5 Å². The fourth-order valence-electron chi connectivity index (χ4n) is 4.86. The molecule has 1 aliphatic carbocycles. The van der Waals surface area contributed by atoms with Gasteiger partial charge in [-0.25, -0.2) is 8.42 Å². The molecule has 0 saturated heterocycles. The molecule has 2 aliphatic rings. The van der Waals surface area contributed by atoms with Crippen molar-refractivity contribution in [2.45, 2.75) is 55.8 Å². The number of thiophene rings is 1. The van der Waals surface area contributed by atoms with Crippen LogP contribution in [0.4, 0.5) is 5.69 Å². The molecule has 0 amide bonds. The van der Waals surface area contributed by atoms with E-state index in [-0.39, 0.29) is 11.0 Å². The van der Waals surface area contributed by atoms with Gasteiger partial charge in [0.25, 0.3) is 10.0 Å². The zero-order valence-corrected chi connectivity index (χ0v) is 20.9. The molecule has 34 heavy (non-hydrogen) atoms. The van der Waals surface area contributed by atoms with Crippen LogP contribution in [-0.2, 0) is 16.6 Å². The molecular formula is C26H30N2O4S2. The molecule has 6 nitrogen and oxygen atoms in total. The predicted octanol–water partition coefficient (Wildman–Crippen LogP) is 6.00. The molecule has 2 aromatic carbocycles. The van der Waals surface area contributed by atoms with E-state index in [0.717, 1.165) is 17.0 Å². The number of hydrogen-bond acceptors (Lipinski definition) is 6. The van der Waals surface area contributed by atoms with Crippen LogP contribution in [0.1, 0.15) is 44.6 Å². The Labute approximate surface area is 205 Å². The number of rotatable bonds is 9. The van der Waals surface area contributed by atoms with Crippen molar-refractivity contribution in [3.63, 3.8) is 0 Å². The molecule has 8 heteroatoms. The predicted molar refractivity (Wildman–Crippen MR) is 136 cm³/mol. The van der Waals surface area contributed by atoms with E-state index in [4.69, 9.17) is 9.47 Å². The van der Waals surface area contributed by atoms with Crippen LogP contribution >= 0.6 is 11.3 Å². The first kappa shape index (κ1) is 23.2. The van der Waals surface area contributed by atoms with Crippen molar-refractivity contribution >= 4 is 27.0 Å². The summed E-state index contributed by atoms with van der Waals surface area (Å²) >= 11 is 1.21. The van der Waals surface area contributed by atoms with Gasteiger partial charge in [-0.2, -0.15) is 0 Å². The number of benzene rings is 2. The molecule has 2 heterocycles. The Bertz CT molecular complexity index is 1250. The number of sulfonamides is 1. The molecular weight excluding hydrogens is 468 g/mol. The highest BCUT2D eigenvalue weighted by Gasteiger charge is 2.24. The van der Waals surface area contributed by atoms with E-state index in [1.807, 2.05) is 48.5 Å². The number of para-hydroxylation sites is 1. The van der Waals surface area contributed by atoms with Crippen LogP contribution in [0.25, 0.3) is 11.1 Å². The van der Waals surface area contributed by atoms with Crippen molar-refractivity contribution in [2.24, 2.45) is 5.92 Å². The average molecular weight is 499 g/mol. The van der Waals surface area contributed by atoms with Crippen LogP contribution in [0.5, 0.6) is 11.5 Å². The zero-order chi connectivity index (χ0) is 23.5. The minimum atomic E-state index is -3.77. The SMILES string of the molecule is C[C@@H](CC1CCCC1)NCc1ccccc1NS(=O)(=O)c1sccc1-c1ccc2c(c1)OCO2. The molecule has 0 unspecified atom stereocenters. The van der Waals surface area contributed by atoms with Gasteiger partial charge < -0.3 is 14.8 Å². The summed E-state index contributed by atoms with van der Waals surface area (Å²) in [4.78, 5) is 0. The molecule has 3 aromatic rings. The summed E-state index contributed by atoms with van der Waals surface area (Å²) in [6, 6.07) is 15.3. The van der Waals surface area contributed by atoms with Crippen LogP contribution in [0, 0.1) is 5.92 Å². The second-order valence-corrected chi connectivity index (χ2v) is 11.9. The van der Waals surface area contributed by atoms with Gasteiger partial charge in [-0.15, -0.1) is 11.3 Å². The van der Waals surface area contributed by atoms with Crippen molar-refractivity contribution in [1.29, 1.82) is 0 Å². The third-order valence-electron chi connectivity index (χ3n) is 6.62. The smallest absolute Gasteiger partial charge is 0.272 e. The maximum atomic E-state index is 13.4. The molecule has 2 N–H and O–H groups in total. The first-order valence-corrected chi connectivity index (χ1v) is 14.2. The molecule has 0 radical (unpaired) electrons. The van der Waals surface area contributed by atoms with Crippen molar-refractivity contribution < 1.29 is 17.9 Å². The standard InChI is InChI=1S/C26H30N2O4S2/c1-18(14-19-6-2-3-7-19)27-16-21-8-4-5-9-23(21)28-34(29,30)26-22(12-13-33-26)20-10-11-24-25(15-20)32-17-31-24/h4-5,8-13,15,18-19,27-28H,2-3,6-7,14,16-17H2,1H3/t18-/m0/s1. The molecule has 1 aromatic heterocycles. The van der Waals surface area contributed by atoms with E-state index in [0.29, 0.717) is 35.3 Å². The molecule has 1 fully saturated rings. The van der Waals surface area contributed by atoms with Gasteiger partial charge in [0.2, 0.25) is 6.79 Å². The summed E-state index contributed by atoms with van der Waals surface area (Å²) in [6.45, 7) is 3.01. The van der Waals surface area contributed by atoms with E-state index in [2.05, 4.69) is 17.0 Å². The van der Waals surface area contributed by atoms with Crippen molar-refractivity contribution in [2.75, 3.05) is 11.5 Å². The number of anilines is 1. The minimum Gasteiger partial charge on any atom is -0.454 e. The van der Waals surface area contributed by atoms with Crippen LogP contribution in [0.3, 0.4) is 0 Å². The number of nitrogens with one attached hydrogen (secondary N) is 2. The fraction of sp³-hybridized carbons (Fsp3) is 0.385. The molecule has 180 valence electrons. The summed E-state index contributed by atoms with van der Waals surface area (Å²) in [5.41, 5.74) is 2.97. The lowest BCUT2D eigenvalue weighted by atomic mass is 9.99. The van der Waals surface area contributed by atoms with Crippen LogP contribution in [0.2, 0.25) is 0 Å². The number of ether oxygens (including phenoxy) is 2. The van der Waals surface area contributed by atoms with E-state index < -0.39 is 10.0 Å². The normalized spacial score (nSPS) is 16.6. The molecule has 0 bridgehead atoms. The maximum Gasteiger partial charge on any atom is 0.272 e. The van der Waals surface area contributed by atoms with E-state index in [1.54, 1.807) is 5.38 Å². The lowest BCUT2D eigenvalue weighted by Crippen LogP contribution is -2.28. The van der Waals surface area contributed by atoms with Crippen LogP contribution in [0.15, 0.2) is 58.1 Å². The van der Waals surface area contributed by atoms with Gasteiger partial charge >= 0.3 is 0 Å². The number of hydrogen-bond donors (Lipinski definition) is 2. The second kappa shape index (κ2) is 9.98. The van der Waals surface area contributed by atoms with Gasteiger partial charge in [0.1, 0.15) is 4.21 Å². The molecule has 0 spiro atoms. The van der Waals surface area contributed by atoms with E-state index >= 15 is 0 Å². The summed E-state index contributed by atoms with van der Waals surface area (Å²) < 4.78 is 40.8. The Hall–Kier alpha value is -2.55. The molecule has 1 atom stereocenters. The Morgan fingerprint density at radius 3 is 2.71 bits per heavy atom. The highest BCUT2D eigenvalue weighted by molar-refractivity contribution is 7.94. The summed E-state index contributed by atoms with van der Waals surface area (Å²) in [6.07, 6.45) is 6.52. The largest absolute Gasteiger partial charge is 0.454 e. The van der Waals surface area contributed by atoms with Gasteiger partial charge in [-0.1, -0.05) is 49.9 Å². The highest BCUT2D eigenvalue weighted by Crippen LogP contribution is 2.40. The topological polar surface area (TPSA) is 76.7 Å². The zero-order valence-electron chi connectivity index (χ0n) is 19.3. The first-order valence-electron chi connectivity index (χ1n) is 11.8. The van der Waals surface area contributed by atoms with Gasteiger partial charge in [-0.05, 0) is 60.0 Å². The molecule has 1 saturated carbocycles. The van der Waals surface area contributed by atoms with Crippen molar-refractivity contribution in [1.82, 2.24) is 5.32 Å². The molecule has 1 aliphatic heterocycles. The average Bonchev–Trinajstić information content (AvgIpc) is 3.59. The Morgan fingerprint density at radius 1 is 1.06 bits per heavy atom. The fourth-order valence-corrected chi connectivity index (χ4v) is 7.36. The monoisotopic (exact) mass is 498 g/mol. The van der Waals surface area contributed by atoms with Gasteiger partial charge in [0.05, 0.1) is 5.69 Å². The summed E-state index contributed by atoms with van der Waals surface area (Å²) in [5, 5.41) is 5.39. The lowest BCUT2D eigenvalue weighted by molar-refractivity contribution is 0.174.